The fourth-order valence-electron chi connectivity index (χ4n) is 3.08. The predicted octanol–water partition coefficient (Wildman–Crippen LogP) is 3.22. The first-order chi connectivity index (χ1) is 14.3. The molecule has 1 aromatic heterocycles. The van der Waals surface area contributed by atoms with Gasteiger partial charge in [0.2, 0.25) is 0 Å². The van der Waals surface area contributed by atoms with Crippen LogP contribution in [0.4, 0.5) is 0 Å². The van der Waals surface area contributed by atoms with E-state index in [4.69, 9.17) is 23.2 Å². The number of carbonyl (C=O) groups is 2. The molecule has 0 bridgehead atoms. The Morgan fingerprint density at radius 3 is 2.47 bits per heavy atom. The molecule has 30 heavy (non-hydrogen) atoms. The monoisotopic (exact) mass is 446 g/mol. The van der Waals surface area contributed by atoms with Crippen LogP contribution in [0.25, 0.3) is 0 Å². The second kappa shape index (κ2) is 9.38. The van der Waals surface area contributed by atoms with Crippen molar-refractivity contribution in [3.8, 4) is 0 Å². The largest absolute Gasteiger partial charge is 0.392 e. The van der Waals surface area contributed by atoms with E-state index in [9.17, 15) is 14.7 Å². The lowest BCUT2D eigenvalue weighted by atomic mass is 10.00. The molecule has 0 aliphatic carbocycles. The van der Waals surface area contributed by atoms with Gasteiger partial charge in [-0.05, 0) is 47.9 Å². The molecule has 2 aromatic carbocycles. The van der Waals surface area contributed by atoms with E-state index in [1.54, 1.807) is 41.9 Å². The summed E-state index contributed by atoms with van der Waals surface area (Å²) < 4.78 is 1.62. The van der Waals surface area contributed by atoms with Crippen molar-refractivity contribution in [2.24, 2.45) is 0 Å². The van der Waals surface area contributed by atoms with E-state index in [0.29, 0.717) is 39.0 Å². The number of amides is 1. The fourth-order valence-corrected chi connectivity index (χ4v) is 3.40. The number of rotatable bonds is 7. The van der Waals surface area contributed by atoms with E-state index in [1.807, 2.05) is 6.07 Å². The summed E-state index contributed by atoms with van der Waals surface area (Å²) in [5, 5.41) is 21.0. The average molecular weight is 447 g/mol. The molecule has 7 nitrogen and oxygen atoms in total. The summed E-state index contributed by atoms with van der Waals surface area (Å²) in [6.45, 7) is 1.93. The third-order valence-electron chi connectivity index (χ3n) is 4.65. The minimum atomic E-state index is -0.289. The maximum absolute atomic E-state index is 12.8. The molecule has 0 aliphatic heterocycles. The summed E-state index contributed by atoms with van der Waals surface area (Å²) in [7, 11) is 1.52. The van der Waals surface area contributed by atoms with Crippen LogP contribution in [-0.4, -0.2) is 38.8 Å². The maximum Gasteiger partial charge on any atom is 0.251 e. The highest BCUT2D eigenvalue weighted by Gasteiger charge is 2.18. The van der Waals surface area contributed by atoms with Crippen molar-refractivity contribution in [1.82, 2.24) is 20.3 Å². The zero-order valence-corrected chi connectivity index (χ0v) is 18.0. The van der Waals surface area contributed by atoms with Crippen LogP contribution in [0, 0.1) is 6.92 Å². The van der Waals surface area contributed by atoms with Gasteiger partial charge in [0.15, 0.2) is 11.5 Å². The molecule has 156 valence electrons. The molecule has 0 spiro atoms. The number of hydrogen-bond donors (Lipinski definition) is 2. The van der Waals surface area contributed by atoms with Gasteiger partial charge in [-0.1, -0.05) is 40.5 Å². The van der Waals surface area contributed by atoms with Crippen molar-refractivity contribution in [3.63, 3.8) is 0 Å². The van der Waals surface area contributed by atoms with Crippen LogP contribution in [0.15, 0.2) is 36.4 Å². The number of halogens is 2. The number of hydrogen-bond acceptors (Lipinski definition) is 5. The van der Waals surface area contributed by atoms with Gasteiger partial charge < -0.3 is 10.4 Å². The number of ketones is 1. The van der Waals surface area contributed by atoms with Crippen LogP contribution in [0.1, 0.15) is 43.2 Å². The summed E-state index contributed by atoms with van der Waals surface area (Å²) in [4.78, 5) is 24.8. The molecule has 0 saturated heterocycles. The number of aliphatic hydroxyl groups is 1. The second-order valence-electron chi connectivity index (χ2n) is 6.80. The van der Waals surface area contributed by atoms with Crippen LogP contribution in [-0.2, 0) is 19.6 Å². The Labute approximate surface area is 183 Å². The summed E-state index contributed by atoms with van der Waals surface area (Å²) in [5.41, 5.74) is 3.30. The Hall–Kier alpha value is -2.74. The van der Waals surface area contributed by atoms with Crippen LogP contribution in [0.3, 0.4) is 0 Å². The molecule has 1 heterocycles. The van der Waals surface area contributed by atoms with Gasteiger partial charge in [-0.25, -0.2) is 4.68 Å². The Kier molecular flexibility index (Phi) is 6.87. The molecule has 3 rings (SSSR count). The van der Waals surface area contributed by atoms with Crippen LogP contribution in [0.2, 0.25) is 10.0 Å². The fraction of sp³-hybridized carbons (Fsp3) is 0.238. The first-order valence-electron chi connectivity index (χ1n) is 9.15. The molecule has 9 heteroatoms. The van der Waals surface area contributed by atoms with Crippen molar-refractivity contribution in [2.45, 2.75) is 26.5 Å². The Morgan fingerprint density at radius 1 is 1.07 bits per heavy atom. The number of Topliss-reactive ketones (excluding diaryl/α,β-unsaturated/α-hetero) is 1. The van der Waals surface area contributed by atoms with Gasteiger partial charge in [-0.3, -0.25) is 9.59 Å². The number of nitrogens with one attached hydrogen (secondary N) is 1. The number of nitrogens with zero attached hydrogens (tertiary/aromatic N) is 3. The van der Waals surface area contributed by atoms with E-state index < -0.39 is 0 Å². The Bertz CT molecular complexity index is 1110. The van der Waals surface area contributed by atoms with Crippen molar-refractivity contribution in [3.05, 3.63) is 80.1 Å². The van der Waals surface area contributed by atoms with Crippen LogP contribution < -0.4 is 5.32 Å². The smallest absolute Gasteiger partial charge is 0.251 e. The van der Waals surface area contributed by atoms with Crippen molar-refractivity contribution < 1.29 is 14.7 Å². The summed E-state index contributed by atoms with van der Waals surface area (Å²) >= 11 is 12.0. The predicted molar refractivity (Wildman–Crippen MR) is 114 cm³/mol. The lowest BCUT2D eigenvalue weighted by Gasteiger charge is -2.08. The lowest BCUT2D eigenvalue weighted by molar-refractivity contribution is 0.0958. The molecule has 2 N–H and O–H groups in total. The molecule has 0 unspecified atom stereocenters. The molecule has 0 fully saturated rings. The zero-order valence-electron chi connectivity index (χ0n) is 16.4. The first kappa shape index (κ1) is 22.0. The molecule has 0 saturated carbocycles. The van der Waals surface area contributed by atoms with E-state index in [1.165, 1.54) is 7.05 Å². The number of benzene rings is 2. The number of aliphatic hydroxyl groups excluding tert-OH is 1. The molecular formula is C21H20Cl2N4O3. The Morgan fingerprint density at radius 2 is 1.80 bits per heavy atom. The summed E-state index contributed by atoms with van der Waals surface area (Å²) in [5.74, 6) is -0.520. The molecule has 0 radical (unpaired) electrons. The van der Waals surface area contributed by atoms with Gasteiger partial charge in [-0.2, -0.15) is 0 Å². The molecular weight excluding hydrogens is 427 g/mol. The van der Waals surface area contributed by atoms with Gasteiger partial charge in [0.05, 0.1) is 28.9 Å². The summed E-state index contributed by atoms with van der Waals surface area (Å²) in [6, 6.07) is 10.2. The maximum atomic E-state index is 12.8. The van der Waals surface area contributed by atoms with Gasteiger partial charge in [-0.15, -0.1) is 5.10 Å². The molecule has 0 aliphatic rings. The third-order valence-corrected chi connectivity index (χ3v) is 5.39. The first-order valence-corrected chi connectivity index (χ1v) is 9.91. The minimum absolute atomic E-state index is 0.0319. The van der Waals surface area contributed by atoms with Crippen molar-refractivity contribution >= 4 is 34.9 Å². The quantitative estimate of drug-likeness (QED) is 0.543. The van der Waals surface area contributed by atoms with E-state index in [-0.39, 0.29) is 30.4 Å². The van der Waals surface area contributed by atoms with Crippen LogP contribution in [0.5, 0.6) is 0 Å². The van der Waals surface area contributed by atoms with E-state index >= 15 is 0 Å². The van der Waals surface area contributed by atoms with Gasteiger partial charge in [0, 0.05) is 19.0 Å². The second-order valence-corrected chi connectivity index (χ2v) is 7.62. The average Bonchev–Trinajstić information content (AvgIpc) is 3.10. The normalized spacial score (nSPS) is 10.8. The minimum Gasteiger partial charge on any atom is -0.392 e. The Balaban J connectivity index is 1.81. The lowest BCUT2D eigenvalue weighted by Crippen LogP contribution is -2.18. The zero-order chi connectivity index (χ0) is 21.8. The SMILES string of the molecule is CNC(=O)c1cc(CO)cc(CC(=O)c2nnn(Cc3ccc(Cl)c(Cl)c3)c2C)c1. The van der Waals surface area contributed by atoms with E-state index in [0.717, 1.165) is 5.56 Å². The van der Waals surface area contributed by atoms with Gasteiger partial charge >= 0.3 is 0 Å². The number of aromatic nitrogens is 3. The van der Waals surface area contributed by atoms with Gasteiger partial charge in [0.25, 0.3) is 5.91 Å². The standard InChI is InChI=1S/C21H20Cl2N4O3/c1-12-20(25-26-27(12)10-13-3-4-17(22)18(23)8-13)19(29)9-14-5-15(11-28)7-16(6-14)21(30)24-2/h3-8,28H,9-11H2,1-2H3,(H,24,30). The van der Waals surface area contributed by atoms with E-state index in [2.05, 4.69) is 15.6 Å². The highest BCUT2D eigenvalue weighted by Crippen LogP contribution is 2.23. The molecule has 0 atom stereocenters. The topological polar surface area (TPSA) is 97.1 Å². The number of carbonyl (C=O) groups excluding carboxylic acids is 2. The third kappa shape index (κ3) is 4.87. The van der Waals surface area contributed by atoms with Crippen LogP contribution >= 0.6 is 23.2 Å². The highest BCUT2D eigenvalue weighted by atomic mass is 35.5. The summed E-state index contributed by atoms with van der Waals surface area (Å²) in [6.07, 6.45) is 0.0319. The van der Waals surface area contributed by atoms with Crippen molar-refractivity contribution in [2.75, 3.05) is 7.05 Å². The van der Waals surface area contributed by atoms with Gasteiger partial charge in [0.1, 0.15) is 0 Å². The molecule has 1 amide bonds. The highest BCUT2D eigenvalue weighted by molar-refractivity contribution is 6.42. The van der Waals surface area contributed by atoms with Crippen molar-refractivity contribution in [1.29, 1.82) is 0 Å². The molecule has 3 aromatic rings.